The predicted octanol–water partition coefficient (Wildman–Crippen LogP) is 3.01. The SMILES string of the molecule is COc1cccc(OCC(=O)Nc2c3c(nn2CC(=O)NCCc2ccccc2)CSC3)c1. The molecule has 2 aromatic carbocycles. The Bertz CT molecular complexity index is 1120. The number of benzene rings is 2. The highest BCUT2D eigenvalue weighted by molar-refractivity contribution is 7.98. The van der Waals surface area contributed by atoms with Gasteiger partial charge in [0.25, 0.3) is 5.91 Å². The van der Waals surface area contributed by atoms with Gasteiger partial charge in [0.2, 0.25) is 5.91 Å². The Hall–Kier alpha value is -3.46. The number of ether oxygens (including phenoxy) is 2. The molecule has 33 heavy (non-hydrogen) atoms. The fraction of sp³-hybridized carbons (Fsp3) is 0.292. The van der Waals surface area contributed by atoms with Crippen LogP contribution in [0.15, 0.2) is 54.6 Å². The largest absolute Gasteiger partial charge is 0.497 e. The molecular formula is C24H26N4O4S. The number of aromatic nitrogens is 2. The molecule has 3 aromatic rings. The summed E-state index contributed by atoms with van der Waals surface area (Å²) in [6.07, 6.45) is 0.754. The predicted molar refractivity (Wildman–Crippen MR) is 128 cm³/mol. The number of hydrogen-bond acceptors (Lipinski definition) is 6. The van der Waals surface area contributed by atoms with E-state index in [9.17, 15) is 9.59 Å². The van der Waals surface area contributed by atoms with Crippen LogP contribution < -0.4 is 20.1 Å². The van der Waals surface area contributed by atoms with E-state index in [1.807, 2.05) is 30.3 Å². The van der Waals surface area contributed by atoms with Gasteiger partial charge < -0.3 is 20.1 Å². The standard InChI is InChI=1S/C24H26N4O4S/c1-31-18-8-5-9-19(12-18)32-14-23(30)26-24-20-15-33-16-21(20)27-28(24)13-22(29)25-11-10-17-6-3-2-4-7-17/h2-9,12H,10-11,13-16H2,1H3,(H,25,29)(H,26,30). The highest BCUT2D eigenvalue weighted by Crippen LogP contribution is 2.34. The van der Waals surface area contributed by atoms with Gasteiger partial charge in [-0.05, 0) is 24.1 Å². The third-order valence-corrected chi connectivity index (χ3v) is 6.13. The number of carbonyl (C=O) groups excluding carboxylic acids is 2. The van der Waals surface area contributed by atoms with Gasteiger partial charge >= 0.3 is 0 Å². The number of thioether (sulfide) groups is 1. The molecule has 1 aliphatic rings. The molecule has 0 spiro atoms. The number of nitrogens with zero attached hydrogens (tertiary/aromatic N) is 2. The zero-order valence-electron chi connectivity index (χ0n) is 18.4. The second-order valence-electron chi connectivity index (χ2n) is 7.53. The topological polar surface area (TPSA) is 94.5 Å². The Morgan fingerprint density at radius 1 is 1.06 bits per heavy atom. The molecule has 2 heterocycles. The molecule has 0 unspecified atom stereocenters. The van der Waals surface area contributed by atoms with Crippen LogP contribution in [0.25, 0.3) is 0 Å². The summed E-state index contributed by atoms with van der Waals surface area (Å²) in [5.74, 6) is 2.80. The maximum atomic E-state index is 12.6. The first-order valence-electron chi connectivity index (χ1n) is 10.7. The molecule has 4 rings (SSSR count). The number of carbonyl (C=O) groups is 2. The third kappa shape index (κ3) is 6.07. The van der Waals surface area contributed by atoms with Crippen molar-refractivity contribution in [1.82, 2.24) is 15.1 Å². The van der Waals surface area contributed by atoms with Crippen molar-refractivity contribution in [2.75, 3.05) is 25.6 Å². The summed E-state index contributed by atoms with van der Waals surface area (Å²) in [5, 5.41) is 10.4. The second kappa shape index (κ2) is 10.9. The van der Waals surface area contributed by atoms with Gasteiger partial charge in [-0.15, -0.1) is 0 Å². The Balaban J connectivity index is 1.34. The number of hydrogen-bond donors (Lipinski definition) is 2. The minimum atomic E-state index is -0.317. The summed E-state index contributed by atoms with van der Waals surface area (Å²) in [6, 6.07) is 17.1. The van der Waals surface area contributed by atoms with Gasteiger partial charge in [-0.1, -0.05) is 36.4 Å². The summed E-state index contributed by atoms with van der Waals surface area (Å²) in [4.78, 5) is 25.1. The lowest BCUT2D eigenvalue weighted by Crippen LogP contribution is -2.31. The van der Waals surface area contributed by atoms with Crippen LogP contribution >= 0.6 is 11.8 Å². The highest BCUT2D eigenvalue weighted by Gasteiger charge is 2.25. The van der Waals surface area contributed by atoms with Gasteiger partial charge in [-0.2, -0.15) is 16.9 Å². The Labute approximate surface area is 196 Å². The first kappa shape index (κ1) is 22.7. The summed E-state index contributed by atoms with van der Waals surface area (Å²) in [6.45, 7) is 0.415. The lowest BCUT2D eigenvalue weighted by Gasteiger charge is -2.12. The van der Waals surface area contributed by atoms with Crippen molar-refractivity contribution in [2.45, 2.75) is 24.5 Å². The average molecular weight is 467 g/mol. The van der Waals surface area contributed by atoms with Crippen LogP contribution in [-0.4, -0.2) is 41.9 Å². The molecule has 2 amide bonds. The monoisotopic (exact) mass is 466 g/mol. The van der Waals surface area contributed by atoms with Crippen LogP contribution in [0.3, 0.4) is 0 Å². The van der Waals surface area contributed by atoms with Crippen molar-refractivity contribution >= 4 is 29.4 Å². The Morgan fingerprint density at radius 3 is 2.70 bits per heavy atom. The molecule has 0 saturated heterocycles. The van der Waals surface area contributed by atoms with Gasteiger partial charge in [-0.25, -0.2) is 4.68 Å². The smallest absolute Gasteiger partial charge is 0.263 e. The van der Waals surface area contributed by atoms with Crippen molar-refractivity contribution in [3.63, 3.8) is 0 Å². The van der Waals surface area contributed by atoms with Gasteiger partial charge in [0, 0.05) is 29.7 Å². The molecule has 0 atom stereocenters. The van der Waals surface area contributed by atoms with Crippen LogP contribution in [-0.2, 0) is 34.1 Å². The number of nitrogens with one attached hydrogen (secondary N) is 2. The zero-order valence-corrected chi connectivity index (χ0v) is 19.2. The maximum absolute atomic E-state index is 12.6. The van der Waals surface area contributed by atoms with Crippen molar-refractivity contribution in [1.29, 1.82) is 0 Å². The van der Waals surface area contributed by atoms with E-state index >= 15 is 0 Å². The fourth-order valence-electron chi connectivity index (χ4n) is 3.51. The summed E-state index contributed by atoms with van der Waals surface area (Å²) in [5.41, 5.74) is 3.03. The molecule has 9 heteroatoms. The third-order valence-electron chi connectivity index (χ3n) is 5.16. The molecule has 0 bridgehead atoms. The number of amides is 2. The first-order valence-corrected chi connectivity index (χ1v) is 11.8. The second-order valence-corrected chi connectivity index (χ2v) is 8.51. The van der Waals surface area contributed by atoms with Crippen molar-refractivity contribution < 1.29 is 19.1 Å². The lowest BCUT2D eigenvalue weighted by molar-refractivity contribution is -0.122. The quantitative estimate of drug-likeness (QED) is 0.477. The van der Waals surface area contributed by atoms with Crippen molar-refractivity contribution in [3.05, 3.63) is 71.4 Å². The molecule has 0 radical (unpaired) electrons. The molecular weight excluding hydrogens is 440 g/mol. The average Bonchev–Trinajstić information content (AvgIpc) is 3.41. The molecule has 1 aliphatic heterocycles. The van der Waals surface area contributed by atoms with E-state index in [0.717, 1.165) is 34.7 Å². The molecule has 8 nitrogen and oxygen atoms in total. The van der Waals surface area contributed by atoms with Gasteiger partial charge in [-0.3, -0.25) is 9.59 Å². The number of rotatable bonds is 10. The molecule has 0 saturated carbocycles. The highest BCUT2D eigenvalue weighted by atomic mass is 32.2. The molecule has 2 N–H and O–H groups in total. The van der Waals surface area contributed by atoms with Crippen molar-refractivity contribution in [2.24, 2.45) is 0 Å². The van der Waals surface area contributed by atoms with Crippen LogP contribution in [0.1, 0.15) is 16.8 Å². The molecule has 1 aromatic heterocycles. The van der Waals surface area contributed by atoms with Gasteiger partial charge in [0.1, 0.15) is 23.9 Å². The molecule has 172 valence electrons. The number of methoxy groups -OCH3 is 1. The van der Waals surface area contributed by atoms with Crippen LogP contribution in [0, 0.1) is 0 Å². The fourth-order valence-corrected chi connectivity index (χ4v) is 4.55. The van der Waals surface area contributed by atoms with E-state index in [-0.39, 0.29) is 25.0 Å². The van der Waals surface area contributed by atoms with Gasteiger partial charge in [0.05, 0.1) is 12.8 Å². The minimum Gasteiger partial charge on any atom is -0.497 e. The van der Waals surface area contributed by atoms with E-state index < -0.39 is 0 Å². The summed E-state index contributed by atoms with van der Waals surface area (Å²) >= 11 is 1.73. The van der Waals surface area contributed by atoms with Crippen LogP contribution in [0.2, 0.25) is 0 Å². The van der Waals surface area contributed by atoms with E-state index in [4.69, 9.17) is 9.47 Å². The van der Waals surface area contributed by atoms with E-state index in [1.54, 1.807) is 47.8 Å². The van der Waals surface area contributed by atoms with Crippen LogP contribution in [0.5, 0.6) is 11.5 Å². The van der Waals surface area contributed by atoms with E-state index in [2.05, 4.69) is 15.7 Å². The summed E-state index contributed by atoms with van der Waals surface area (Å²) in [7, 11) is 1.57. The lowest BCUT2D eigenvalue weighted by atomic mass is 10.1. The number of anilines is 1. The first-order chi connectivity index (χ1) is 16.1. The van der Waals surface area contributed by atoms with Crippen LogP contribution in [0.4, 0.5) is 5.82 Å². The Kier molecular flexibility index (Phi) is 7.51. The molecule has 0 fully saturated rings. The van der Waals surface area contributed by atoms with Gasteiger partial charge in [0.15, 0.2) is 6.61 Å². The van der Waals surface area contributed by atoms with E-state index in [0.29, 0.717) is 23.9 Å². The number of fused-ring (bicyclic) bond motifs is 1. The van der Waals surface area contributed by atoms with E-state index in [1.165, 1.54) is 0 Å². The zero-order chi connectivity index (χ0) is 23.0. The Morgan fingerprint density at radius 2 is 1.88 bits per heavy atom. The maximum Gasteiger partial charge on any atom is 0.263 e. The summed E-state index contributed by atoms with van der Waals surface area (Å²) < 4.78 is 12.3. The molecule has 0 aliphatic carbocycles. The minimum absolute atomic E-state index is 0.0405. The normalized spacial score (nSPS) is 12.2. The van der Waals surface area contributed by atoms with Crippen molar-refractivity contribution in [3.8, 4) is 11.5 Å².